The zero-order valence-electron chi connectivity index (χ0n) is 9.14. The minimum Gasteiger partial charge on any atom is -0.459 e. The van der Waals surface area contributed by atoms with Crippen molar-refractivity contribution in [2.24, 2.45) is 5.10 Å². The van der Waals surface area contributed by atoms with E-state index < -0.39 is 11.9 Å². The fourth-order valence-corrected chi connectivity index (χ4v) is 1.41. The molecule has 1 aromatic rings. The molecule has 0 atom stereocenters. The van der Waals surface area contributed by atoms with Crippen LogP contribution in [0.1, 0.15) is 12.5 Å². The molecule has 0 fully saturated rings. The number of amides is 1. The maximum Gasteiger partial charge on any atom is 0.398 e. The van der Waals surface area contributed by atoms with E-state index in [1.54, 1.807) is 6.92 Å². The first-order chi connectivity index (χ1) is 8.13. The van der Waals surface area contributed by atoms with Gasteiger partial charge in [0.15, 0.2) is 0 Å². The third-order valence-electron chi connectivity index (χ3n) is 1.69. The first-order valence-electron chi connectivity index (χ1n) is 4.89. The van der Waals surface area contributed by atoms with Gasteiger partial charge in [-0.15, -0.1) is 0 Å². The summed E-state index contributed by atoms with van der Waals surface area (Å²) >= 11 is 3.30. The van der Waals surface area contributed by atoms with Crippen LogP contribution >= 0.6 is 15.9 Å². The number of hydrogen-bond acceptors (Lipinski definition) is 4. The Balaban J connectivity index is 2.50. The zero-order chi connectivity index (χ0) is 12.7. The predicted octanol–water partition coefficient (Wildman–Crippen LogP) is 1.46. The maximum absolute atomic E-state index is 11.1. The lowest BCUT2D eigenvalue weighted by molar-refractivity contribution is -0.154. The van der Waals surface area contributed by atoms with Crippen molar-refractivity contribution in [3.8, 4) is 0 Å². The number of carbonyl (C=O) groups excluding carboxylic acids is 2. The Morgan fingerprint density at radius 1 is 1.53 bits per heavy atom. The van der Waals surface area contributed by atoms with E-state index in [0.29, 0.717) is 0 Å². The summed E-state index contributed by atoms with van der Waals surface area (Å²) in [5, 5.41) is 3.64. The second kappa shape index (κ2) is 6.80. The van der Waals surface area contributed by atoms with Crippen molar-refractivity contribution in [3.05, 3.63) is 34.3 Å². The molecular weight excluding hydrogens is 288 g/mol. The van der Waals surface area contributed by atoms with Gasteiger partial charge in [-0.3, -0.25) is 4.79 Å². The molecule has 5 nitrogen and oxygen atoms in total. The molecule has 0 aliphatic carbocycles. The lowest BCUT2D eigenvalue weighted by atomic mass is 10.2. The van der Waals surface area contributed by atoms with E-state index in [1.165, 1.54) is 6.21 Å². The third-order valence-corrected chi connectivity index (χ3v) is 2.18. The SMILES string of the molecule is CCOC(=O)C(=O)N/N=C\c1cccc(Br)c1. The molecule has 0 aliphatic rings. The number of hydrogen-bond donors (Lipinski definition) is 1. The first kappa shape index (κ1) is 13.4. The summed E-state index contributed by atoms with van der Waals surface area (Å²) in [6.07, 6.45) is 1.43. The van der Waals surface area contributed by atoms with E-state index in [9.17, 15) is 9.59 Å². The lowest BCUT2D eigenvalue weighted by Gasteiger charge is -1.99. The highest BCUT2D eigenvalue weighted by atomic mass is 79.9. The quantitative estimate of drug-likeness (QED) is 0.398. The largest absolute Gasteiger partial charge is 0.459 e. The van der Waals surface area contributed by atoms with Crippen molar-refractivity contribution in [1.29, 1.82) is 0 Å². The Morgan fingerprint density at radius 2 is 2.29 bits per heavy atom. The second-order valence-electron chi connectivity index (χ2n) is 2.97. The average Bonchev–Trinajstić information content (AvgIpc) is 2.29. The fraction of sp³-hybridized carbons (Fsp3) is 0.182. The highest BCUT2D eigenvalue weighted by Gasteiger charge is 2.12. The Hall–Kier alpha value is -1.69. The van der Waals surface area contributed by atoms with Crippen molar-refractivity contribution in [2.75, 3.05) is 6.61 Å². The van der Waals surface area contributed by atoms with Crippen molar-refractivity contribution < 1.29 is 14.3 Å². The van der Waals surface area contributed by atoms with Crippen LogP contribution in [0.15, 0.2) is 33.8 Å². The maximum atomic E-state index is 11.1. The van der Waals surface area contributed by atoms with Gasteiger partial charge in [0.2, 0.25) is 0 Å². The fourth-order valence-electron chi connectivity index (χ4n) is 0.995. The molecule has 0 saturated heterocycles. The first-order valence-corrected chi connectivity index (χ1v) is 5.68. The van der Waals surface area contributed by atoms with E-state index in [-0.39, 0.29) is 6.61 Å². The Morgan fingerprint density at radius 3 is 2.94 bits per heavy atom. The van der Waals surface area contributed by atoms with Gasteiger partial charge in [-0.2, -0.15) is 5.10 Å². The average molecular weight is 299 g/mol. The van der Waals surface area contributed by atoms with E-state index in [4.69, 9.17) is 0 Å². The van der Waals surface area contributed by atoms with E-state index in [2.05, 4.69) is 31.2 Å². The molecule has 1 N–H and O–H groups in total. The molecule has 90 valence electrons. The van der Waals surface area contributed by atoms with Gasteiger partial charge < -0.3 is 4.74 Å². The van der Waals surface area contributed by atoms with E-state index in [1.807, 2.05) is 24.3 Å². The summed E-state index contributed by atoms with van der Waals surface area (Å²) in [5.41, 5.74) is 2.87. The minimum atomic E-state index is -0.945. The third kappa shape index (κ3) is 4.78. The molecule has 0 heterocycles. The van der Waals surface area contributed by atoms with Crippen molar-refractivity contribution in [2.45, 2.75) is 6.92 Å². The van der Waals surface area contributed by atoms with Gasteiger partial charge in [0, 0.05) is 4.47 Å². The molecule has 0 aliphatic heterocycles. The number of ether oxygens (including phenoxy) is 1. The number of nitrogens with one attached hydrogen (secondary N) is 1. The molecule has 1 amide bonds. The highest BCUT2D eigenvalue weighted by Crippen LogP contribution is 2.09. The molecule has 0 aromatic heterocycles. The van der Waals surface area contributed by atoms with Gasteiger partial charge >= 0.3 is 11.9 Å². The Kier molecular flexibility index (Phi) is 5.35. The van der Waals surface area contributed by atoms with Gasteiger partial charge in [-0.1, -0.05) is 28.1 Å². The van der Waals surface area contributed by atoms with Gasteiger partial charge in [-0.05, 0) is 24.6 Å². The molecule has 1 aromatic carbocycles. The van der Waals surface area contributed by atoms with Crippen LogP contribution in [-0.4, -0.2) is 24.7 Å². The van der Waals surface area contributed by atoms with Gasteiger partial charge in [0.1, 0.15) is 0 Å². The zero-order valence-corrected chi connectivity index (χ0v) is 10.7. The molecule has 1 rings (SSSR count). The van der Waals surface area contributed by atoms with Gasteiger partial charge in [-0.25, -0.2) is 10.2 Å². The number of nitrogens with zero attached hydrogens (tertiary/aromatic N) is 1. The van der Waals surface area contributed by atoms with Crippen LogP contribution in [-0.2, 0) is 14.3 Å². The van der Waals surface area contributed by atoms with Gasteiger partial charge in [0.25, 0.3) is 0 Å². The molecule has 0 radical (unpaired) electrons. The van der Waals surface area contributed by atoms with Gasteiger partial charge in [0.05, 0.1) is 12.8 Å². The number of hydrazone groups is 1. The van der Waals surface area contributed by atoms with Crippen LogP contribution in [0, 0.1) is 0 Å². The number of carbonyl (C=O) groups is 2. The standard InChI is InChI=1S/C11H11BrN2O3/c1-2-17-11(16)10(15)14-13-7-8-4-3-5-9(12)6-8/h3-7H,2H2,1H3,(H,14,15)/b13-7-. The van der Waals surface area contributed by atoms with Crippen molar-refractivity contribution in [3.63, 3.8) is 0 Å². The predicted molar refractivity (Wildman–Crippen MR) is 66.5 cm³/mol. The topological polar surface area (TPSA) is 67.8 Å². The number of benzene rings is 1. The molecule has 0 bridgehead atoms. The van der Waals surface area contributed by atoms with E-state index >= 15 is 0 Å². The van der Waals surface area contributed by atoms with Crippen molar-refractivity contribution in [1.82, 2.24) is 5.43 Å². The van der Waals surface area contributed by atoms with Crippen LogP contribution in [0.25, 0.3) is 0 Å². The van der Waals surface area contributed by atoms with Crippen LogP contribution in [0.3, 0.4) is 0 Å². The smallest absolute Gasteiger partial charge is 0.398 e. The lowest BCUT2D eigenvalue weighted by Crippen LogP contribution is -2.28. The van der Waals surface area contributed by atoms with Crippen LogP contribution < -0.4 is 5.43 Å². The summed E-state index contributed by atoms with van der Waals surface area (Å²) in [6.45, 7) is 1.78. The van der Waals surface area contributed by atoms with Crippen molar-refractivity contribution >= 4 is 34.0 Å². The number of esters is 1. The number of halogens is 1. The van der Waals surface area contributed by atoms with Crippen LogP contribution in [0.5, 0.6) is 0 Å². The monoisotopic (exact) mass is 298 g/mol. The Labute approximate surface area is 107 Å². The molecule has 0 unspecified atom stereocenters. The summed E-state index contributed by atoms with van der Waals surface area (Å²) in [6, 6.07) is 7.33. The highest BCUT2D eigenvalue weighted by molar-refractivity contribution is 9.10. The molecule has 17 heavy (non-hydrogen) atoms. The van der Waals surface area contributed by atoms with Crippen LogP contribution in [0.2, 0.25) is 0 Å². The molecule has 0 saturated carbocycles. The van der Waals surface area contributed by atoms with Crippen LogP contribution in [0.4, 0.5) is 0 Å². The summed E-state index contributed by atoms with van der Waals surface area (Å²) in [7, 11) is 0. The minimum absolute atomic E-state index is 0.154. The normalized spacial score (nSPS) is 10.2. The summed E-state index contributed by atoms with van der Waals surface area (Å²) in [4.78, 5) is 22.0. The summed E-state index contributed by atoms with van der Waals surface area (Å²) < 4.78 is 5.39. The summed E-state index contributed by atoms with van der Waals surface area (Å²) in [5.74, 6) is -1.84. The second-order valence-corrected chi connectivity index (χ2v) is 3.89. The molecule has 6 heteroatoms. The number of rotatable bonds is 3. The molecular formula is C11H11BrN2O3. The Bertz CT molecular complexity index is 446. The molecule has 0 spiro atoms. The van der Waals surface area contributed by atoms with E-state index in [0.717, 1.165) is 10.0 Å².